The number of likely N-dealkylation sites (tertiary alicyclic amines) is 1. The van der Waals surface area contributed by atoms with Gasteiger partial charge in [0.25, 0.3) is 11.8 Å². The Balaban J connectivity index is 1.39. The van der Waals surface area contributed by atoms with Gasteiger partial charge in [0.2, 0.25) is 0 Å². The maximum absolute atomic E-state index is 14.4. The standard InChI is InChI=1S/C30H29FN2O2S/c1-20-15-21(2)18-32(17-20)29(34)23-13-11-22(12-14-23)16-28-30(35)33(19-24-7-3-4-8-25(24)31)26-9-5-6-10-27(26)36-28/h3-14,16,20-21H,15,17-19H2,1-2H3/b28-16-. The number of piperidine rings is 1. The molecule has 2 aliphatic rings. The highest BCUT2D eigenvalue weighted by Gasteiger charge is 2.30. The molecule has 2 atom stereocenters. The number of para-hydroxylation sites is 1. The molecule has 3 aromatic carbocycles. The molecule has 6 heteroatoms. The van der Waals surface area contributed by atoms with Crippen LogP contribution in [-0.4, -0.2) is 29.8 Å². The minimum Gasteiger partial charge on any atom is -0.338 e. The average Bonchev–Trinajstić information content (AvgIpc) is 2.87. The van der Waals surface area contributed by atoms with Crippen LogP contribution in [0, 0.1) is 17.7 Å². The molecular weight excluding hydrogens is 471 g/mol. The number of halogens is 1. The van der Waals surface area contributed by atoms with Crippen LogP contribution in [0.3, 0.4) is 0 Å². The average molecular weight is 501 g/mol. The van der Waals surface area contributed by atoms with Crippen molar-refractivity contribution in [3.05, 3.63) is 100 Å². The first-order valence-corrected chi connectivity index (χ1v) is 13.1. The lowest BCUT2D eigenvalue weighted by Crippen LogP contribution is -2.42. The summed E-state index contributed by atoms with van der Waals surface area (Å²) in [5, 5.41) is 0. The number of hydrogen-bond donors (Lipinski definition) is 0. The largest absolute Gasteiger partial charge is 0.338 e. The molecule has 5 rings (SSSR count). The van der Waals surface area contributed by atoms with Gasteiger partial charge >= 0.3 is 0 Å². The van der Waals surface area contributed by atoms with Gasteiger partial charge in [-0.25, -0.2) is 4.39 Å². The number of rotatable bonds is 4. The lowest BCUT2D eigenvalue weighted by molar-refractivity contribution is -0.114. The highest BCUT2D eigenvalue weighted by molar-refractivity contribution is 8.04. The summed E-state index contributed by atoms with van der Waals surface area (Å²) in [4.78, 5) is 31.6. The molecule has 1 fully saturated rings. The zero-order valence-electron chi connectivity index (χ0n) is 20.5. The van der Waals surface area contributed by atoms with E-state index in [0.29, 0.717) is 27.9 Å². The molecule has 0 spiro atoms. The van der Waals surface area contributed by atoms with Crippen molar-refractivity contribution in [3.63, 3.8) is 0 Å². The van der Waals surface area contributed by atoms with Crippen molar-refractivity contribution in [3.8, 4) is 0 Å². The van der Waals surface area contributed by atoms with Crippen LogP contribution in [0.25, 0.3) is 6.08 Å². The fraction of sp³-hybridized carbons (Fsp3) is 0.267. The molecule has 0 saturated carbocycles. The number of nitrogens with zero attached hydrogens (tertiary/aromatic N) is 2. The number of thioether (sulfide) groups is 1. The Kier molecular flexibility index (Phi) is 6.97. The number of fused-ring (bicyclic) bond motifs is 1. The van der Waals surface area contributed by atoms with Crippen LogP contribution in [0.2, 0.25) is 0 Å². The van der Waals surface area contributed by atoms with Gasteiger partial charge in [-0.05, 0) is 60.2 Å². The highest BCUT2D eigenvalue weighted by Crippen LogP contribution is 2.42. The summed E-state index contributed by atoms with van der Waals surface area (Å²) >= 11 is 1.41. The van der Waals surface area contributed by atoms with Crippen molar-refractivity contribution in [2.24, 2.45) is 11.8 Å². The summed E-state index contributed by atoms with van der Waals surface area (Å²) in [5.74, 6) is 0.570. The lowest BCUT2D eigenvalue weighted by Gasteiger charge is -2.35. The van der Waals surface area contributed by atoms with Crippen LogP contribution in [0.5, 0.6) is 0 Å². The number of anilines is 1. The monoisotopic (exact) mass is 500 g/mol. The van der Waals surface area contributed by atoms with Gasteiger partial charge in [-0.3, -0.25) is 9.59 Å². The first kappa shape index (κ1) is 24.3. The topological polar surface area (TPSA) is 40.6 Å². The van der Waals surface area contributed by atoms with Crippen molar-refractivity contribution in [2.75, 3.05) is 18.0 Å². The fourth-order valence-corrected chi connectivity index (χ4v) is 6.16. The summed E-state index contributed by atoms with van der Waals surface area (Å²) in [6.07, 6.45) is 3.00. The minimum atomic E-state index is -0.329. The van der Waals surface area contributed by atoms with Crippen molar-refractivity contribution >= 4 is 35.3 Å². The van der Waals surface area contributed by atoms with Crippen molar-refractivity contribution < 1.29 is 14.0 Å². The SMILES string of the molecule is CC1CC(C)CN(C(=O)c2ccc(/C=C3\Sc4ccccc4N(Cc4ccccc4F)C3=O)cc2)C1. The molecule has 0 N–H and O–H groups in total. The molecular formula is C30H29FN2O2S. The van der Waals surface area contributed by atoms with Gasteiger partial charge in [0.05, 0.1) is 17.1 Å². The molecule has 36 heavy (non-hydrogen) atoms. The molecule has 0 radical (unpaired) electrons. The van der Waals surface area contributed by atoms with E-state index in [1.807, 2.05) is 59.5 Å². The first-order chi connectivity index (χ1) is 17.4. The third-order valence-corrected chi connectivity index (χ3v) is 7.81. The predicted octanol–water partition coefficient (Wildman–Crippen LogP) is 6.62. The Bertz CT molecular complexity index is 1310. The second-order valence-corrected chi connectivity index (χ2v) is 10.9. The van der Waals surface area contributed by atoms with Crippen molar-refractivity contribution in [2.45, 2.75) is 31.7 Å². The summed E-state index contributed by atoms with van der Waals surface area (Å²) in [6, 6.07) is 21.6. The number of benzene rings is 3. The van der Waals surface area contributed by atoms with Gasteiger partial charge in [-0.15, -0.1) is 0 Å². The normalized spacial score (nSPS) is 21.0. The number of carbonyl (C=O) groups excluding carboxylic acids is 2. The molecule has 3 aromatic rings. The Morgan fingerprint density at radius 1 is 0.972 bits per heavy atom. The molecule has 2 heterocycles. The van der Waals surface area contributed by atoms with E-state index >= 15 is 0 Å². The molecule has 2 aliphatic heterocycles. The number of carbonyl (C=O) groups is 2. The lowest BCUT2D eigenvalue weighted by atomic mass is 9.91. The Hall–Kier alpha value is -3.38. The van der Waals surface area contributed by atoms with E-state index in [1.54, 1.807) is 23.1 Å². The van der Waals surface area contributed by atoms with E-state index in [9.17, 15) is 14.0 Å². The van der Waals surface area contributed by atoms with Crippen LogP contribution in [0.15, 0.2) is 82.6 Å². The minimum absolute atomic E-state index is 0.0562. The molecule has 0 bridgehead atoms. The predicted molar refractivity (Wildman–Crippen MR) is 143 cm³/mol. The van der Waals surface area contributed by atoms with Gasteiger partial charge in [0, 0.05) is 29.1 Å². The number of amides is 2. The van der Waals surface area contributed by atoms with E-state index in [0.717, 1.165) is 35.7 Å². The molecule has 1 saturated heterocycles. The molecule has 184 valence electrons. The van der Waals surface area contributed by atoms with Crippen molar-refractivity contribution in [1.29, 1.82) is 0 Å². The van der Waals surface area contributed by atoms with Gasteiger partial charge in [0.1, 0.15) is 5.82 Å². The molecule has 4 nitrogen and oxygen atoms in total. The Morgan fingerprint density at radius 3 is 2.36 bits per heavy atom. The Morgan fingerprint density at radius 2 is 1.64 bits per heavy atom. The van der Waals surface area contributed by atoms with Crippen LogP contribution in [0.1, 0.15) is 41.8 Å². The smallest absolute Gasteiger partial charge is 0.265 e. The quantitative estimate of drug-likeness (QED) is 0.378. The van der Waals surface area contributed by atoms with E-state index in [1.165, 1.54) is 17.8 Å². The van der Waals surface area contributed by atoms with E-state index in [-0.39, 0.29) is 24.2 Å². The summed E-state index contributed by atoms with van der Waals surface area (Å²) in [7, 11) is 0. The van der Waals surface area contributed by atoms with Gasteiger partial charge in [0.15, 0.2) is 0 Å². The first-order valence-electron chi connectivity index (χ1n) is 12.3. The summed E-state index contributed by atoms with van der Waals surface area (Å²) in [5.41, 5.74) is 2.75. The number of hydrogen-bond acceptors (Lipinski definition) is 3. The zero-order valence-corrected chi connectivity index (χ0v) is 21.3. The molecule has 2 amide bonds. The highest BCUT2D eigenvalue weighted by atomic mass is 32.2. The van der Waals surface area contributed by atoms with Gasteiger partial charge < -0.3 is 9.80 Å². The van der Waals surface area contributed by atoms with Crippen LogP contribution in [0.4, 0.5) is 10.1 Å². The Labute approximate surface area is 215 Å². The van der Waals surface area contributed by atoms with E-state index in [2.05, 4.69) is 13.8 Å². The van der Waals surface area contributed by atoms with Crippen LogP contribution in [-0.2, 0) is 11.3 Å². The summed E-state index contributed by atoms with van der Waals surface area (Å²) in [6.45, 7) is 6.12. The van der Waals surface area contributed by atoms with Gasteiger partial charge in [-0.1, -0.05) is 68.1 Å². The maximum atomic E-state index is 14.4. The zero-order chi connectivity index (χ0) is 25.2. The van der Waals surface area contributed by atoms with E-state index in [4.69, 9.17) is 0 Å². The second kappa shape index (κ2) is 10.3. The van der Waals surface area contributed by atoms with Gasteiger partial charge in [-0.2, -0.15) is 0 Å². The van der Waals surface area contributed by atoms with E-state index < -0.39 is 0 Å². The fourth-order valence-electron chi connectivity index (χ4n) is 5.10. The summed E-state index contributed by atoms with van der Waals surface area (Å²) < 4.78 is 14.4. The molecule has 2 unspecified atom stereocenters. The van der Waals surface area contributed by atoms with Crippen LogP contribution >= 0.6 is 11.8 Å². The second-order valence-electron chi connectivity index (χ2n) is 9.84. The maximum Gasteiger partial charge on any atom is 0.265 e. The third kappa shape index (κ3) is 5.09. The van der Waals surface area contributed by atoms with Crippen LogP contribution < -0.4 is 4.90 Å². The third-order valence-electron chi connectivity index (χ3n) is 6.73. The molecule has 0 aliphatic carbocycles. The van der Waals surface area contributed by atoms with Crippen molar-refractivity contribution in [1.82, 2.24) is 4.90 Å². The molecule has 0 aromatic heterocycles.